The van der Waals surface area contributed by atoms with Crippen LogP contribution in [0.25, 0.3) is 0 Å². The highest BCUT2D eigenvalue weighted by molar-refractivity contribution is 7.92. The molecule has 0 aliphatic carbocycles. The van der Waals surface area contributed by atoms with Crippen molar-refractivity contribution >= 4 is 27.5 Å². The summed E-state index contributed by atoms with van der Waals surface area (Å²) in [6.07, 6.45) is 2.71. The first kappa shape index (κ1) is 27.3. The van der Waals surface area contributed by atoms with Crippen LogP contribution in [0.4, 0.5) is 10.1 Å². The van der Waals surface area contributed by atoms with E-state index in [0.717, 1.165) is 34.5 Å². The Morgan fingerprint density at radius 1 is 1.09 bits per heavy atom. The first-order valence-electron chi connectivity index (χ1n) is 11.3. The van der Waals surface area contributed by atoms with Gasteiger partial charge in [0, 0.05) is 18.7 Å². The monoisotopic (exact) mass is 491 g/mol. The Morgan fingerprint density at radius 3 is 2.35 bits per heavy atom. The van der Waals surface area contributed by atoms with Gasteiger partial charge in [-0.2, -0.15) is 0 Å². The highest BCUT2D eigenvalue weighted by atomic mass is 32.2. The molecule has 0 spiro atoms. The quantitative estimate of drug-likeness (QED) is 0.487. The second-order valence-corrected chi connectivity index (χ2v) is 10.4. The number of halogens is 1. The maximum absolute atomic E-state index is 14.4. The minimum Gasteiger partial charge on any atom is -0.354 e. The van der Waals surface area contributed by atoms with E-state index >= 15 is 0 Å². The molecule has 186 valence electrons. The van der Waals surface area contributed by atoms with Crippen LogP contribution in [0.5, 0.6) is 0 Å². The summed E-state index contributed by atoms with van der Waals surface area (Å²) in [6.45, 7) is 7.09. The van der Waals surface area contributed by atoms with Gasteiger partial charge in [0.15, 0.2) is 0 Å². The second kappa shape index (κ2) is 12.0. The third kappa shape index (κ3) is 7.28. The molecular formula is C25H34FN3O4S. The number of carbonyl (C=O) groups excluding carboxylic acids is 2. The maximum atomic E-state index is 14.4. The molecule has 0 saturated carbocycles. The van der Waals surface area contributed by atoms with Gasteiger partial charge in [-0.25, -0.2) is 12.8 Å². The molecule has 0 aliphatic heterocycles. The lowest BCUT2D eigenvalue weighted by atomic mass is 10.1. The first-order chi connectivity index (χ1) is 16.0. The van der Waals surface area contributed by atoms with Crippen LogP contribution in [0.15, 0.2) is 42.5 Å². The molecule has 0 heterocycles. The molecule has 2 amide bonds. The fraction of sp³-hybridized carbons (Fsp3) is 0.440. The number of hydrogen-bond donors (Lipinski definition) is 1. The van der Waals surface area contributed by atoms with E-state index in [0.29, 0.717) is 12.2 Å². The molecule has 2 aromatic rings. The Kier molecular flexibility index (Phi) is 9.61. The summed E-state index contributed by atoms with van der Waals surface area (Å²) in [7, 11) is -3.81. The first-order valence-corrected chi connectivity index (χ1v) is 13.2. The topological polar surface area (TPSA) is 86.8 Å². The smallest absolute Gasteiger partial charge is 0.244 e. The number of nitrogens with one attached hydrogen (secondary N) is 1. The summed E-state index contributed by atoms with van der Waals surface area (Å²) in [4.78, 5) is 27.4. The molecule has 34 heavy (non-hydrogen) atoms. The Morgan fingerprint density at radius 2 is 1.76 bits per heavy atom. The van der Waals surface area contributed by atoms with Crippen LogP contribution in [-0.2, 0) is 26.2 Å². The van der Waals surface area contributed by atoms with E-state index in [1.807, 2.05) is 20.8 Å². The molecule has 0 aliphatic rings. The predicted octanol–water partition coefficient (Wildman–Crippen LogP) is 3.54. The van der Waals surface area contributed by atoms with Crippen LogP contribution in [0.2, 0.25) is 0 Å². The average Bonchev–Trinajstić information content (AvgIpc) is 2.77. The lowest BCUT2D eigenvalue weighted by Crippen LogP contribution is -2.51. The van der Waals surface area contributed by atoms with Crippen molar-refractivity contribution in [1.82, 2.24) is 10.2 Å². The van der Waals surface area contributed by atoms with Crippen molar-refractivity contribution in [3.05, 3.63) is 65.0 Å². The zero-order valence-electron chi connectivity index (χ0n) is 20.5. The van der Waals surface area contributed by atoms with E-state index in [9.17, 15) is 22.4 Å². The number of anilines is 1. The van der Waals surface area contributed by atoms with Crippen LogP contribution in [0, 0.1) is 19.7 Å². The van der Waals surface area contributed by atoms with Gasteiger partial charge in [0.05, 0.1) is 11.9 Å². The van der Waals surface area contributed by atoms with Crippen LogP contribution >= 0.6 is 0 Å². The normalized spacial score (nSPS) is 12.2. The zero-order valence-corrected chi connectivity index (χ0v) is 21.3. The van der Waals surface area contributed by atoms with Crippen LogP contribution in [-0.4, -0.2) is 50.5 Å². The number of nitrogens with zero attached hydrogens (tertiary/aromatic N) is 2. The molecule has 0 bridgehead atoms. The molecule has 7 nitrogen and oxygen atoms in total. The molecule has 9 heteroatoms. The lowest BCUT2D eigenvalue weighted by Gasteiger charge is -2.31. The summed E-state index contributed by atoms with van der Waals surface area (Å²) in [5.41, 5.74) is 2.46. The molecule has 1 unspecified atom stereocenters. The van der Waals surface area contributed by atoms with Crippen LogP contribution < -0.4 is 9.62 Å². The molecular weight excluding hydrogens is 457 g/mol. The molecule has 0 aromatic heterocycles. The minimum absolute atomic E-state index is 0.168. The lowest BCUT2D eigenvalue weighted by molar-refractivity contribution is -0.139. The van der Waals surface area contributed by atoms with E-state index in [4.69, 9.17) is 0 Å². The number of unbranched alkanes of at least 4 members (excludes halogenated alkanes) is 1. The van der Waals surface area contributed by atoms with E-state index in [2.05, 4.69) is 5.32 Å². The Bertz CT molecular complexity index is 1120. The number of carbonyl (C=O) groups is 2. The molecule has 1 N–H and O–H groups in total. The SMILES string of the molecule is CCCCNC(=O)C(C)N(Cc1ccccc1F)C(=O)CN(c1ccc(C)c(C)c1)S(C)(=O)=O. The number of hydrogen-bond acceptors (Lipinski definition) is 4. The summed E-state index contributed by atoms with van der Waals surface area (Å²) in [5.74, 6) is -1.49. The Balaban J connectivity index is 2.38. The van der Waals surface area contributed by atoms with Crippen molar-refractivity contribution in [3.63, 3.8) is 0 Å². The standard InChI is InChI=1S/C25H34FN3O4S/c1-6-7-14-27-25(31)20(4)28(16-21-10-8-9-11-23(21)26)24(30)17-29(34(5,32)33)22-13-12-18(2)19(3)15-22/h8-13,15,20H,6-7,14,16-17H2,1-5H3,(H,27,31). The van der Waals surface area contributed by atoms with Gasteiger partial charge in [-0.05, 0) is 56.5 Å². The van der Waals surface area contributed by atoms with E-state index in [1.165, 1.54) is 23.1 Å². The highest BCUT2D eigenvalue weighted by Crippen LogP contribution is 2.22. The third-order valence-corrected chi connectivity index (χ3v) is 6.89. The van der Waals surface area contributed by atoms with Gasteiger partial charge in [0.25, 0.3) is 0 Å². The van der Waals surface area contributed by atoms with Gasteiger partial charge in [-0.1, -0.05) is 37.6 Å². The summed E-state index contributed by atoms with van der Waals surface area (Å²) < 4.78 is 40.6. The largest absolute Gasteiger partial charge is 0.354 e. The molecule has 0 saturated heterocycles. The third-order valence-electron chi connectivity index (χ3n) is 5.75. The number of rotatable bonds is 11. The summed E-state index contributed by atoms with van der Waals surface area (Å²) in [5, 5.41) is 2.79. The Labute approximate surface area is 202 Å². The van der Waals surface area contributed by atoms with Crippen molar-refractivity contribution in [2.75, 3.05) is 23.7 Å². The van der Waals surface area contributed by atoms with Gasteiger partial charge in [-0.15, -0.1) is 0 Å². The molecule has 0 radical (unpaired) electrons. The molecule has 0 fully saturated rings. The second-order valence-electron chi connectivity index (χ2n) is 8.47. The van der Waals surface area contributed by atoms with Crippen molar-refractivity contribution in [1.29, 1.82) is 0 Å². The van der Waals surface area contributed by atoms with E-state index in [-0.39, 0.29) is 18.0 Å². The predicted molar refractivity (Wildman–Crippen MR) is 132 cm³/mol. The zero-order chi connectivity index (χ0) is 25.5. The van der Waals surface area contributed by atoms with Crippen molar-refractivity contribution in [3.8, 4) is 0 Å². The van der Waals surface area contributed by atoms with Gasteiger partial charge in [-0.3, -0.25) is 13.9 Å². The summed E-state index contributed by atoms with van der Waals surface area (Å²) >= 11 is 0. The van der Waals surface area contributed by atoms with Crippen molar-refractivity contribution in [2.45, 2.75) is 53.1 Å². The average molecular weight is 492 g/mol. The Hall–Kier alpha value is -2.94. The van der Waals surface area contributed by atoms with Crippen LogP contribution in [0.1, 0.15) is 43.4 Å². The fourth-order valence-electron chi connectivity index (χ4n) is 3.42. The molecule has 1 atom stereocenters. The number of amides is 2. The summed E-state index contributed by atoms with van der Waals surface area (Å²) in [6, 6.07) is 10.2. The number of aryl methyl sites for hydroxylation is 2. The molecule has 2 rings (SSSR count). The number of sulfonamides is 1. The van der Waals surface area contributed by atoms with Crippen molar-refractivity contribution in [2.24, 2.45) is 0 Å². The highest BCUT2D eigenvalue weighted by Gasteiger charge is 2.30. The van der Waals surface area contributed by atoms with E-state index in [1.54, 1.807) is 31.2 Å². The maximum Gasteiger partial charge on any atom is 0.244 e. The van der Waals surface area contributed by atoms with E-state index < -0.39 is 34.3 Å². The van der Waals surface area contributed by atoms with Gasteiger partial charge in [0.2, 0.25) is 21.8 Å². The fourth-order valence-corrected chi connectivity index (χ4v) is 4.26. The van der Waals surface area contributed by atoms with Crippen LogP contribution in [0.3, 0.4) is 0 Å². The molecule has 2 aromatic carbocycles. The minimum atomic E-state index is -3.81. The van der Waals surface area contributed by atoms with Gasteiger partial charge in [0.1, 0.15) is 18.4 Å². The number of benzene rings is 2. The van der Waals surface area contributed by atoms with Gasteiger partial charge >= 0.3 is 0 Å². The van der Waals surface area contributed by atoms with Crippen molar-refractivity contribution < 1.29 is 22.4 Å². The van der Waals surface area contributed by atoms with Gasteiger partial charge < -0.3 is 10.2 Å².